The van der Waals surface area contributed by atoms with E-state index in [0.29, 0.717) is 5.69 Å². The fourth-order valence-corrected chi connectivity index (χ4v) is 2.07. The number of nitro benzene ring substituents is 1. The minimum absolute atomic E-state index is 0.0927. The fourth-order valence-electron chi connectivity index (χ4n) is 2.07. The topological polar surface area (TPSA) is 134 Å². The van der Waals surface area contributed by atoms with Crippen LogP contribution in [0, 0.1) is 24.0 Å². The lowest BCUT2D eigenvalue weighted by molar-refractivity contribution is -0.384. The highest BCUT2D eigenvalue weighted by Crippen LogP contribution is 2.28. The lowest BCUT2D eigenvalue weighted by Crippen LogP contribution is -2.21. The zero-order valence-corrected chi connectivity index (χ0v) is 13.7. The molecule has 0 aliphatic rings. The van der Waals surface area contributed by atoms with Gasteiger partial charge in [0.1, 0.15) is 17.1 Å². The normalized spacial score (nSPS) is 10.2. The van der Waals surface area contributed by atoms with Gasteiger partial charge >= 0.3 is 5.97 Å². The molecule has 0 unspecified atom stereocenters. The van der Waals surface area contributed by atoms with Gasteiger partial charge in [-0.3, -0.25) is 14.9 Å². The summed E-state index contributed by atoms with van der Waals surface area (Å²) in [5.74, 6) is -0.921. The molecule has 1 aromatic carbocycles. The number of carbonyl (C=O) groups is 2. The Morgan fingerprint density at radius 2 is 2.08 bits per heavy atom. The van der Waals surface area contributed by atoms with Crippen LogP contribution >= 0.6 is 0 Å². The molecule has 2 rings (SSSR count). The average Bonchev–Trinajstić information content (AvgIpc) is 2.91. The third-order valence-electron chi connectivity index (χ3n) is 3.24. The fraction of sp³-hybridized carbons (Fsp3) is 0.267. The molecule has 0 fully saturated rings. The second-order valence-corrected chi connectivity index (χ2v) is 4.97. The molecular formula is C15H15N3O7. The lowest BCUT2D eigenvalue weighted by Gasteiger charge is -2.10. The number of nitrogens with one attached hydrogen (secondary N) is 1. The Labute approximate surface area is 141 Å². The number of amides is 1. The number of methoxy groups -OCH3 is 1. The van der Waals surface area contributed by atoms with Gasteiger partial charge in [-0.25, -0.2) is 4.79 Å². The summed E-state index contributed by atoms with van der Waals surface area (Å²) in [4.78, 5) is 34.1. The number of anilines is 1. The van der Waals surface area contributed by atoms with Gasteiger partial charge in [-0.15, -0.1) is 0 Å². The molecule has 10 nitrogen and oxygen atoms in total. The van der Waals surface area contributed by atoms with E-state index in [9.17, 15) is 19.7 Å². The third-order valence-corrected chi connectivity index (χ3v) is 3.24. The van der Waals surface area contributed by atoms with Crippen LogP contribution in [0.5, 0.6) is 5.75 Å². The monoisotopic (exact) mass is 349 g/mol. The molecule has 2 aromatic rings. The molecule has 0 bridgehead atoms. The summed E-state index contributed by atoms with van der Waals surface area (Å²) in [6.07, 6.45) is 0. The van der Waals surface area contributed by atoms with Gasteiger partial charge in [0.25, 0.3) is 11.6 Å². The number of aryl methyl sites for hydroxylation is 2. The first-order valence-corrected chi connectivity index (χ1v) is 7.05. The van der Waals surface area contributed by atoms with Crippen LogP contribution in [-0.4, -0.2) is 35.7 Å². The van der Waals surface area contributed by atoms with Crippen molar-refractivity contribution in [2.45, 2.75) is 13.8 Å². The maximum Gasteiger partial charge on any atom is 0.344 e. The van der Waals surface area contributed by atoms with Gasteiger partial charge in [-0.1, -0.05) is 5.16 Å². The molecule has 10 heteroatoms. The molecule has 0 aliphatic heterocycles. The number of ether oxygens (including phenoxy) is 2. The highest BCUT2D eigenvalue weighted by molar-refractivity contribution is 5.97. The standard InChI is InChI=1S/C15H15N3O7/c1-8-14(9(2)25-17-8)15(20)24-7-13(19)16-11-6-10(18(21)22)4-5-12(11)23-3/h4-6H,7H2,1-3H3,(H,16,19). The highest BCUT2D eigenvalue weighted by atomic mass is 16.6. The number of nitrogens with zero attached hydrogens (tertiary/aromatic N) is 2. The molecule has 1 N–H and O–H groups in total. The van der Waals surface area contributed by atoms with Crippen molar-refractivity contribution in [3.8, 4) is 5.75 Å². The zero-order valence-electron chi connectivity index (χ0n) is 13.7. The van der Waals surface area contributed by atoms with E-state index in [2.05, 4.69) is 10.5 Å². The first kappa shape index (κ1) is 17.9. The van der Waals surface area contributed by atoms with E-state index >= 15 is 0 Å². The number of benzene rings is 1. The number of rotatable bonds is 6. The maximum atomic E-state index is 12.0. The van der Waals surface area contributed by atoms with Gasteiger partial charge in [0.15, 0.2) is 6.61 Å². The van der Waals surface area contributed by atoms with E-state index in [4.69, 9.17) is 14.0 Å². The summed E-state index contributed by atoms with van der Waals surface area (Å²) in [7, 11) is 1.36. The molecule has 0 aliphatic carbocycles. The molecule has 25 heavy (non-hydrogen) atoms. The molecule has 1 amide bonds. The summed E-state index contributed by atoms with van der Waals surface area (Å²) in [5.41, 5.74) is 0.378. The Morgan fingerprint density at radius 3 is 2.64 bits per heavy atom. The molecule has 0 saturated carbocycles. The van der Waals surface area contributed by atoms with Gasteiger partial charge in [0, 0.05) is 12.1 Å². The number of non-ortho nitro benzene ring substituents is 1. The van der Waals surface area contributed by atoms with E-state index < -0.39 is 23.4 Å². The quantitative estimate of drug-likeness (QED) is 0.475. The first-order chi connectivity index (χ1) is 11.8. The summed E-state index contributed by atoms with van der Waals surface area (Å²) < 4.78 is 14.8. The van der Waals surface area contributed by atoms with Crippen molar-refractivity contribution in [1.29, 1.82) is 0 Å². The third kappa shape index (κ3) is 4.10. The molecule has 0 atom stereocenters. The average molecular weight is 349 g/mol. The number of nitro groups is 1. The Balaban J connectivity index is 2.04. The number of aromatic nitrogens is 1. The van der Waals surface area contributed by atoms with Crippen LogP contribution in [0.25, 0.3) is 0 Å². The molecule has 132 valence electrons. The number of hydrogen-bond acceptors (Lipinski definition) is 8. The highest BCUT2D eigenvalue weighted by Gasteiger charge is 2.20. The molecule has 1 aromatic heterocycles. The smallest absolute Gasteiger partial charge is 0.344 e. The van der Waals surface area contributed by atoms with Gasteiger partial charge < -0.3 is 19.3 Å². The Kier molecular flexibility index (Phi) is 5.32. The predicted octanol–water partition coefficient (Wildman–Crippen LogP) is 2.00. The van der Waals surface area contributed by atoms with Crippen molar-refractivity contribution in [1.82, 2.24) is 5.16 Å². The Hall–Kier alpha value is -3.43. The molecule has 0 spiro atoms. The van der Waals surface area contributed by atoms with Crippen LogP contribution in [0.4, 0.5) is 11.4 Å². The Morgan fingerprint density at radius 1 is 1.36 bits per heavy atom. The van der Waals surface area contributed by atoms with Crippen molar-refractivity contribution < 1.29 is 28.5 Å². The molecule has 0 radical (unpaired) electrons. The second-order valence-electron chi connectivity index (χ2n) is 4.97. The van der Waals surface area contributed by atoms with E-state index in [1.165, 1.54) is 19.2 Å². The lowest BCUT2D eigenvalue weighted by atomic mass is 10.2. The number of esters is 1. The van der Waals surface area contributed by atoms with Crippen LogP contribution in [-0.2, 0) is 9.53 Å². The second kappa shape index (κ2) is 7.43. The zero-order chi connectivity index (χ0) is 18.6. The van der Waals surface area contributed by atoms with Gasteiger partial charge in [0.2, 0.25) is 0 Å². The van der Waals surface area contributed by atoms with Crippen molar-refractivity contribution in [3.63, 3.8) is 0 Å². The van der Waals surface area contributed by atoms with E-state index in [1.807, 2.05) is 0 Å². The van der Waals surface area contributed by atoms with E-state index in [1.54, 1.807) is 13.8 Å². The first-order valence-electron chi connectivity index (χ1n) is 7.05. The van der Waals surface area contributed by atoms with Gasteiger partial charge in [0.05, 0.1) is 23.4 Å². The summed E-state index contributed by atoms with van der Waals surface area (Å²) in [6.45, 7) is 2.53. The van der Waals surface area contributed by atoms with Gasteiger partial charge in [-0.05, 0) is 19.9 Å². The van der Waals surface area contributed by atoms with Crippen molar-refractivity contribution in [2.24, 2.45) is 0 Å². The minimum Gasteiger partial charge on any atom is -0.495 e. The summed E-state index contributed by atoms with van der Waals surface area (Å²) >= 11 is 0. The Bertz CT molecular complexity index is 809. The molecular weight excluding hydrogens is 334 g/mol. The molecule has 1 heterocycles. The van der Waals surface area contributed by atoms with E-state index in [-0.39, 0.29) is 28.4 Å². The largest absolute Gasteiger partial charge is 0.495 e. The predicted molar refractivity (Wildman–Crippen MR) is 84.5 cm³/mol. The minimum atomic E-state index is -0.752. The van der Waals surface area contributed by atoms with E-state index in [0.717, 1.165) is 6.07 Å². The van der Waals surface area contributed by atoms with Crippen LogP contribution in [0.3, 0.4) is 0 Å². The maximum absolute atomic E-state index is 12.0. The number of carbonyl (C=O) groups excluding carboxylic acids is 2. The van der Waals surface area contributed by atoms with Crippen molar-refractivity contribution in [3.05, 3.63) is 45.3 Å². The van der Waals surface area contributed by atoms with Gasteiger partial charge in [-0.2, -0.15) is 0 Å². The SMILES string of the molecule is COc1ccc([N+](=O)[O-])cc1NC(=O)COC(=O)c1c(C)noc1C. The molecule has 0 saturated heterocycles. The van der Waals surface area contributed by atoms with Crippen molar-refractivity contribution >= 4 is 23.3 Å². The summed E-state index contributed by atoms with van der Waals surface area (Å²) in [5, 5.41) is 16.8. The van der Waals surface area contributed by atoms with Crippen LogP contribution in [0.1, 0.15) is 21.8 Å². The van der Waals surface area contributed by atoms with Crippen LogP contribution in [0.2, 0.25) is 0 Å². The number of hydrogen-bond donors (Lipinski definition) is 1. The van der Waals surface area contributed by atoms with Crippen LogP contribution in [0.15, 0.2) is 22.7 Å². The van der Waals surface area contributed by atoms with Crippen molar-refractivity contribution in [2.75, 3.05) is 19.0 Å². The van der Waals surface area contributed by atoms with Crippen LogP contribution < -0.4 is 10.1 Å². The summed E-state index contributed by atoms with van der Waals surface area (Å²) in [6, 6.07) is 3.74.